The van der Waals surface area contributed by atoms with Gasteiger partial charge < -0.3 is 9.64 Å². The van der Waals surface area contributed by atoms with Gasteiger partial charge in [-0.15, -0.1) is 0 Å². The molecule has 0 aromatic heterocycles. The summed E-state index contributed by atoms with van der Waals surface area (Å²) in [5, 5.41) is 0. The maximum absolute atomic E-state index is 12.6. The van der Waals surface area contributed by atoms with Crippen molar-refractivity contribution in [2.75, 3.05) is 13.7 Å². The first-order chi connectivity index (χ1) is 9.67. The number of hydrogen-bond donors (Lipinski definition) is 0. The monoisotopic (exact) mass is 275 g/mol. The molecule has 0 spiro atoms. The van der Waals surface area contributed by atoms with Crippen molar-refractivity contribution in [3.63, 3.8) is 0 Å². The van der Waals surface area contributed by atoms with E-state index in [9.17, 15) is 9.59 Å². The van der Waals surface area contributed by atoms with Crippen LogP contribution in [0.4, 0.5) is 0 Å². The lowest BCUT2D eigenvalue weighted by atomic mass is 9.98. The molecule has 4 nitrogen and oxygen atoms in total. The first-order valence-electron chi connectivity index (χ1n) is 7.16. The van der Waals surface area contributed by atoms with Gasteiger partial charge in [0.15, 0.2) is 0 Å². The van der Waals surface area contributed by atoms with Crippen LogP contribution in [0.15, 0.2) is 24.3 Å². The maximum Gasteiger partial charge on any atom is 0.337 e. The van der Waals surface area contributed by atoms with Crippen LogP contribution in [0.5, 0.6) is 0 Å². The van der Waals surface area contributed by atoms with E-state index in [2.05, 4.69) is 6.92 Å². The van der Waals surface area contributed by atoms with E-state index >= 15 is 0 Å². The molecule has 1 fully saturated rings. The number of amides is 1. The second kappa shape index (κ2) is 6.55. The minimum Gasteiger partial charge on any atom is -0.465 e. The molecule has 4 heteroatoms. The molecule has 108 valence electrons. The zero-order valence-electron chi connectivity index (χ0n) is 12.1. The SMILES string of the molecule is CCC1CCCCN1C(=O)c1cccc(C(=O)OC)c1. The summed E-state index contributed by atoms with van der Waals surface area (Å²) in [7, 11) is 1.34. The number of benzene rings is 1. The Kier molecular flexibility index (Phi) is 4.77. The molecule has 1 atom stereocenters. The third-order valence-electron chi connectivity index (χ3n) is 3.89. The molecular formula is C16H21NO3. The van der Waals surface area contributed by atoms with E-state index in [0.29, 0.717) is 17.2 Å². The summed E-state index contributed by atoms with van der Waals surface area (Å²) < 4.78 is 4.69. The van der Waals surface area contributed by atoms with E-state index in [4.69, 9.17) is 4.74 Å². The third kappa shape index (κ3) is 3.00. The largest absolute Gasteiger partial charge is 0.465 e. The summed E-state index contributed by atoms with van der Waals surface area (Å²) in [6, 6.07) is 7.09. The number of rotatable bonds is 3. The van der Waals surface area contributed by atoms with Crippen LogP contribution in [-0.4, -0.2) is 36.5 Å². The Balaban J connectivity index is 2.21. The van der Waals surface area contributed by atoms with Crippen molar-refractivity contribution in [1.82, 2.24) is 4.90 Å². The van der Waals surface area contributed by atoms with Gasteiger partial charge in [-0.25, -0.2) is 4.79 Å². The first kappa shape index (κ1) is 14.6. The topological polar surface area (TPSA) is 46.6 Å². The number of ether oxygens (including phenoxy) is 1. The number of esters is 1. The molecule has 1 saturated heterocycles. The van der Waals surface area contributed by atoms with E-state index in [-0.39, 0.29) is 5.91 Å². The van der Waals surface area contributed by atoms with E-state index < -0.39 is 5.97 Å². The fourth-order valence-electron chi connectivity index (χ4n) is 2.76. The summed E-state index contributed by atoms with van der Waals surface area (Å²) in [5.74, 6) is -0.396. The molecule has 1 heterocycles. The van der Waals surface area contributed by atoms with Crippen molar-refractivity contribution in [1.29, 1.82) is 0 Å². The molecule has 1 amide bonds. The summed E-state index contributed by atoms with van der Waals surface area (Å²) in [6.07, 6.45) is 4.28. The van der Waals surface area contributed by atoms with Gasteiger partial charge in [-0.2, -0.15) is 0 Å². The second-order valence-corrected chi connectivity index (χ2v) is 5.13. The number of hydrogen-bond acceptors (Lipinski definition) is 3. The van der Waals surface area contributed by atoms with Gasteiger partial charge in [-0.1, -0.05) is 13.0 Å². The summed E-state index contributed by atoms with van der Waals surface area (Å²) >= 11 is 0. The Morgan fingerprint density at radius 1 is 1.30 bits per heavy atom. The van der Waals surface area contributed by atoms with Crippen LogP contribution >= 0.6 is 0 Å². The van der Waals surface area contributed by atoms with Crippen molar-refractivity contribution < 1.29 is 14.3 Å². The van der Waals surface area contributed by atoms with Gasteiger partial charge in [0, 0.05) is 18.2 Å². The highest BCUT2D eigenvalue weighted by Crippen LogP contribution is 2.22. The summed E-state index contributed by atoms with van der Waals surface area (Å²) in [5.41, 5.74) is 0.983. The van der Waals surface area contributed by atoms with E-state index in [0.717, 1.165) is 25.8 Å². The Bertz CT molecular complexity index is 498. The van der Waals surface area contributed by atoms with Gasteiger partial charge in [0.25, 0.3) is 5.91 Å². The van der Waals surface area contributed by atoms with Crippen molar-refractivity contribution >= 4 is 11.9 Å². The number of methoxy groups -OCH3 is 1. The van der Waals surface area contributed by atoms with Crippen molar-refractivity contribution in [3.05, 3.63) is 35.4 Å². The van der Waals surface area contributed by atoms with Crippen LogP contribution in [0.25, 0.3) is 0 Å². The minimum atomic E-state index is -0.412. The van der Waals surface area contributed by atoms with Gasteiger partial charge in [-0.3, -0.25) is 4.79 Å². The molecule has 0 aliphatic carbocycles. The fraction of sp³-hybridized carbons (Fsp3) is 0.500. The normalized spacial score (nSPS) is 18.7. The maximum atomic E-state index is 12.6. The van der Waals surface area contributed by atoms with Crippen LogP contribution in [0.2, 0.25) is 0 Å². The van der Waals surface area contributed by atoms with Crippen molar-refractivity contribution in [3.8, 4) is 0 Å². The third-order valence-corrected chi connectivity index (χ3v) is 3.89. The Morgan fingerprint density at radius 3 is 2.75 bits per heavy atom. The zero-order chi connectivity index (χ0) is 14.5. The Labute approximate surface area is 119 Å². The molecule has 0 N–H and O–H groups in total. The van der Waals surface area contributed by atoms with Crippen LogP contribution in [-0.2, 0) is 4.74 Å². The van der Waals surface area contributed by atoms with E-state index in [1.807, 2.05) is 4.90 Å². The molecule has 1 unspecified atom stereocenters. The van der Waals surface area contributed by atoms with Crippen molar-refractivity contribution in [2.24, 2.45) is 0 Å². The fourth-order valence-corrected chi connectivity index (χ4v) is 2.76. The standard InChI is InChI=1S/C16H21NO3/c1-3-14-9-4-5-10-17(14)15(18)12-7-6-8-13(11-12)16(19)20-2/h6-8,11,14H,3-5,9-10H2,1-2H3. The van der Waals surface area contributed by atoms with Crippen LogP contribution in [0.1, 0.15) is 53.3 Å². The Hall–Kier alpha value is -1.84. The van der Waals surface area contributed by atoms with Crippen LogP contribution < -0.4 is 0 Å². The summed E-state index contributed by atoms with van der Waals surface area (Å²) in [4.78, 5) is 26.1. The number of nitrogens with zero attached hydrogens (tertiary/aromatic N) is 1. The lowest BCUT2D eigenvalue weighted by Gasteiger charge is -2.35. The molecule has 1 aromatic rings. The molecule has 2 rings (SSSR count). The molecule has 1 aromatic carbocycles. The first-order valence-corrected chi connectivity index (χ1v) is 7.16. The van der Waals surface area contributed by atoms with Gasteiger partial charge in [0.05, 0.1) is 12.7 Å². The smallest absolute Gasteiger partial charge is 0.337 e. The average Bonchev–Trinajstić information content (AvgIpc) is 2.53. The predicted molar refractivity (Wildman–Crippen MR) is 76.7 cm³/mol. The van der Waals surface area contributed by atoms with Gasteiger partial charge in [-0.05, 0) is 43.9 Å². The quantitative estimate of drug-likeness (QED) is 0.797. The van der Waals surface area contributed by atoms with Gasteiger partial charge in [0.1, 0.15) is 0 Å². The number of carbonyl (C=O) groups is 2. The zero-order valence-corrected chi connectivity index (χ0v) is 12.1. The van der Waals surface area contributed by atoms with Crippen molar-refractivity contribution in [2.45, 2.75) is 38.6 Å². The molecular weight excluding hydrogens is 254 g/mol. The lowest BCUT2D eigenvalue weighted by molar-refractivity contribution is 0.0600. The lowest BCUT2D eigenvalue weighted by Crippen LogP contribution is -2.43. The predicted octanol–water partition coefficient (Wildman–Crippen LogP) is 2.88. The Morgan fingerprint density at radius 2 is 2.05 bits per heavy atom. The second-order valence-electron chi connectivity index (χ2n) is 5.13. The number of piperidine rings is 1. The molecule has 1 aliphatic rings. The molecule has 20 heavy (non-hydrogen) atoms. The van der Waals surface area contributed by atoms with Gasteiger partial charge in [0.2, 0.25) is 0 Å². The van der Waals surface area contributed by atoms with E-state index in [1.54, 1.807) is 24.3 Å². The van der Waals surface area contributed by atoms with Crippen LogP contribution in [0, 0.1) is 0 Å². The highest BCUT2D eigenvalue weighted by atomic mass is 16.5. The number of carbonyl (C=O) groups excluding carboxylic acids is 2. The molecule has 1 aliphatic heterocycles. The van der Waals surface area contributed by atoms with Crippen LogP contribution in [0.3, 0.4) is 0 Å². The highest BCUT2D eigenvalue weighted by molar-refractivity contribution is 5.98. The number of likely N-dealkylation sites (tertiary alicyclic amines) is 1. The summed E-state index contributed by atoms with van der Waals surface area (Å²) in [6.45, 7) is 2.92. The average molecular weight is 275 g/mol. The molecule has 0 saturated carbocycles. The van der Waals surface area contributed by atoms with E-state index in [1.165, 1.54) is 13.5 Å². The highest BCUT2D eigenvalue weighted by Gasteiger charge is 2.26. The molecule has 0 radical (unpaired) electrons. The molecule has 0 bridgehead atoms. The minimum absolute atomic E-state index is 0.0160. The van der Waals surface area contributed by atoms with Gasteiger partial charge >= 0.3 is 5.97 Å².